The Balaban J connectivity index is 1.55. The van der Waals surface area contributed by atoms with E-state index in [1.165, 1.54) is 19.3 Å². The van der Waals surface area contributed by atoms with Gasteiger partial charge in [-0.25, -0.2) is 9.97 Å². The summed E-state index contributed by atoms with van der Waals surface area (Å²) in [6.45, 7) is 3.87. The lowest BCUT2D eigenvalue weighted by atomic mass is 9.89. The van der Waals surface area contributed by atoms with E-state index in [1.54, 1.807) is 0 Å². The molecule has 0 unspecified atom stereocenters. The number of hydrogen-bond acceptors (Lipinski definition) is 7. The van der Waals surface area contributed by atoms with Crippen molar-refractivity contribution >= 4 is 11.9 Å². The SMILES string of the molecule is Cc1nc(N)nc(C)c1CC(=O)NCc1nc(C2CCCCC2)no1. The number of nitrogen functional groups attached to an aromatic ring is 1. The predicted octanol–water partition coefficient (Wildman–Crippen LogP) is 1.97. The minimum absolute atomic E-state index is 0.142. The van der Waals surface area contributed by atoms with Gasteiger partial charge in [-0.2, -0.15) is 4.98 Å². The number of anilines is 1. The van der Waals surface area contributed by atoms with Gasteiger partial charge in [0.25, 0.3) is 0 Å². The van der Waals surface area contributed by atoms with Crippen molar-refractivity contribution in [1.29, 1.82) is 0 Å². The largest absolute Gasteiger partial charge is 0.368 e. The number of aromatic nitrogens is 4. The van der Waals surface area contributed by atoms with Crippen LogP contribution in [0.4, 0.5) is 5.95 Å². The molecule has 134 valence electrons. The van der Waals surface area contributed by atoms with E-state index in [4.69, 9.17) is 10.3 Å². The van der Waals surface area contributed by atoms with Crippen LogP contribution in [0.15, 0.2) is 4.52 Å². The molecule has 1 amide bonds. The Morgan fingerprint density at radius 3 is 2.52 bits per heavy atom. The molecular weight excluding hydrogens is 320 g/mol. The van der Waals surface area contributed by atoms with E-state index in [-0.39, 0.29) is 24.8 Å². The van der Waals surface area contributed by atoms with E-state index in [0.717, 1.165) is 35.6 Å². The maximum Gasteiger partial charge on any atom is 0.246 e. The van der Waals surface area contributed by atoms with Crippen molar-refractivity contribution in [3.63, 3.8) is 0 Å². The number of amides is 1. The number of nitrogens with one attached hydrogen (secondary N) is 1. The maximum atomic E-state index is 12.2. The highest BCUT2D eigenvalue weighted by atomic mass is 16.5. The second kappa shape index (κ2) is 7.58. The Hall–Kier alpha value is -2.51. The summed E-state index contributed by atoms with van der Waals surface area (Å²) in [4.78, 5) is 24.8. The molecular formula is C17H24N6O2. The van der Waals surface area contributed by atoms with Crippen molar-refractivity contribution in [3.05, 3.63) is 28.7 Å². The molecule has 3 N–H and O–H groups in total. The molecule has 0 spiro atoms. The molecule has 2 aromatic heterocycles. The van der Waals surface area contributed by atoms with Crippen LogP contribution in [0.3, 0.4) is 0 Å². The first-order valence-electron chi connectivity index (χ1n) is 8.71. The summed E-state index contributed by atoms with van der Waals surface area (Å²) in [5.41, 5.74) is 7.84. The van der Waals surface area contributed by atoms with Crippen LogP contribution in [0.25, 0.3) is 0 Å². The van der Waals surface area contributed by atoms with E-state index in [1.807, 2.05) is 13.8 Å². The molecule has 0 atom stereocenters. The van der Waals surface area contributed by atoms with E-state index in [9.17, 15) is 4.79 Å². The van der Waals surface area contributed by atoms with Crippen LogP contribution in [0.2, 0.25) is 0 Å². The van der Waals surface area contributed by atoms with Crippen molar-refractivity contribution in [2.45, 2.75) is 64.8 Å². The van der Waals surface area contributed by atoms with Gasteiger partial charge in [0.2, 0.25) is 17.7 Å². The quantitative estimate of drug-likeness (QED) is 0.850. The average Bonchev–Trinajstić information content (AvgIpc) is 3.06. The maximum absolute atomic E-state index is 12.2. The number of carbonyl (C=O) groups excluding carboxylic acids is 1. The highest BCUT2D eigenvalue weighted by Gasteiger charge is 2.21. The number of hydrogen-bond donors (Lipinski definition) is 2. The van der Waals surface area contributed by atoms with Gasteiger partial charge in [0.15, 0.2) is 5.82 Å². The fourth-order valence-corrected chi connectivity index (χ4v) is 3.28. The summed E-state index contributed by atoms with van der Waals surface area (Å²) in [6, 6.07) is 0. The van der Waals surface area contributed by atoms with Crippen molar-refractivity contribution in [3.8, 4) is 0 Å². The zero-order chi connectivity index (χ0) is 17.8. The summed E-state index contributed by atoms with van der Waals surface area (Å²) in [5, 5.41) is 6.88. The summed E-state index contributed by atoms with van der Waals surface area (Å²) >= 11 is 0. The normalized spacial score (nSPS) is 15.3. The zero-order valence-electron chi connectivity index (χ0n) is 14.7. The van der Waals surface area contributed by atoms with Gasteiger partial charge in [-0.15, -0.1) is 0 Å². The molecule has 2 heterocycles. The van der Waals surface area contributed by atoms with Gasteiger partial charge in [-0.1, -0.05) is 24.4 Å². The van der Waals surface area contributed by atoms with Crippen LogP contribution >= 0.6 is 0 Å². The average molecular weight is 344 g/mol. The molecule has 1 fully saturated rings. The number of rotatable bonds is 5. The molecule has 0 aliphatic heterocycles. The number of carbonyl (C=O) groups is 1. The molecule has 0 saturated heterocycles. The first-order chi connectivity index (χ1) is 12.0. The smallest absolute Gasteiger partial charge is 0.246 e. The van der Waals surface area contributed by atoms with Gasteiger partial charge in [-0.05, 0) is 26.7 Å². The minimum atomic E-state index is -0.142. The van der Waals surface area contributed by atoms with Gasteiger partial charge in [0.05, 0.1) is 13.0 Å². The lowest BCUT2D eigenvalue weighted by molar-refractivity contribution is -0.120. The van der Waals surface area contributed by atoms with E-state index >= 15 is 0 Å². The van der Waals surface area contributed by atoms with Gasteiger partial charge >= 0.3 is 0 Å². The minimum Gasteiger partial charge on any atom is -0.368 e. The number of nitrogens with two attached hydrogens (primary N) is 1. The number of nitrogens with zero attached hydrogens (tertiary/aromatic N) is 4. The Labute approximate surface area is 146 Å². The molecule has 2 aromatic rings. The van der Waals surface area contributed by atoms with Crippen LogP contribution < -0.4 is 11.1 Å². The number of aryl methyl sites for hydroxylation is 2. The first-order valence-corrected chi connectivity index (χ1v) is 8.71. The fraction of sp³-hybridized carbons (Fsp3) is 0.588. The van der Waals surface area contributed by atoms with Gasteiger partial charge in [-0.3, -0.25) is 4.79 Å². The molecule has 0 radical (unpaired) electrons. The summed E-state index contributed by atoms with van der Waals surface area (Å²) in [5.74, 6) is 1.68. The highest BCUT2D eigenvalue weighted by Crippen LogP contribution is 2.30. The molecule has 0 bridgehead atoms. The molecule has 0 aromatic carbocycles. The second-order valence-electron chi connectivity index (χ2n) is 6.57. The van der Waals surface area contributed by atoms with Crippen LogP contribution in [-0.4, -0.2) is 26.0 Å². The Morgan fingerprint density at radius 2 is 1.84 bits per heavy atom. The lowest BCUT2D eigenvalue weighted by Crippen LogP contribution is -2.26. The summed E-state index contributed by atoms with van der Waals surface area (Å²) in [6.07, 6.45) is 6.13. The monoisotopic (exact) mass is 344 g/mol. The standard InChI is InChI=1S/C17H24N6O2/c1-10-13(11(2)21-17(18)20-10)8-14(24)19-9-15-22-16(23-25-15)12-6-4-3-5-7-12/h12H,3-9H2,1-2H3,(H,19,24)(H2,18,20,21). The van der Waals surface area contributed by atoms with Crippen LogP contribution in [0, 0.1) is 13.8 Å². The fourth-order valence-electron chi connectivity index (χ4n) is 3.28. The topological polar surface area (TPSA) is 120 Å². The van der Waals surface area contributed by atoms with E-state index < -0.39 is 0 Å². The van der Waals surface area contributed by atoms with Crippen molar-refractivity contribution in [2.75, 3.05) is 5.73 Å². The molecule has 1 aliphatic rings. The molecule has 1 aliphatic carbocycles. The van der Waals surface area contributed by atoms with Crippen molar-refractivity contribution in [1.82, 2.24) is 25.4 Å². The van der Waals surface area contributed by atoms with Crippen LogP contribution in [-0.2, 0) is 17.8 Å². The first kappa shape index (κ1) is 17.3. The zero-order valence-corrected chi connectivity index (χ0v) is 14.7. The molecule has 1 saturated carbocycles. The van der Waals surface area contributed by atoms with Gasteiger partial charge in [0.1, 0.15) is 0 Å². The molecule has 25 heavy (non-hydrogen) atoms. The van der Waals surface area contributed by atoms with Crippen LogP contribution in [0.1, 0.15) is 66.7 Å². The van der Waals surface area contributed by atoms with E-state index in [2.05, 4.69) is 25.4 Å². The highest BCUT2D eigenvalue weighted by molar-refractivity contribution is 5.79. The van der Waals surface area contributed by atoms with Gasteiger partial charge < -0.3 is 15.6 Å². The van der Waals surface area contributed by atoms with Crippen molar-refractivity contribution in [2.24, 2.45) is 0 Å². The Kier molecular flexibility index (Phi) is 5.25. The molecule has 3 rings (SSSR count). The third-order valence-corrected chi connectivity index (χ3v) is 4.67. The van der Waals surface area contributed by atoms with Gasteiger partial charge in [0, 0.05) is 22.9 Å². The molecule has 8 heteroatoms. The summed E-state index contributed by atoms with van der Waals surface area (Å²) in [7, 11) is 0. The van der Waals surface area contributed by atoms with E-state index in [0.29, 0.717) is 11.8 Å². The lowest BCUT2D eigenvalue weighted by Gasteiger charge is -2.17. The van der Waals surface area contributed by atoms with Crippen LogP contribution in [0.5, 0.6) is 0 Å². The Bertz CT molecular complexity index is 728. The molecule has 8 nitrogen and oxygen atoms in total. The third-order valence-electron chi connectivity index (χ3n) is 4.67. The third kappa shape index (κ3) is 4.32. The Morgan fingerprint density at radius 1 is 1.16 bits per heavy atom. The second-order valence-corrected chi connectivity index (χ2v) is 6.57. The van der Waals surface area contributed by atoms with Crippen molar-refractivity contribution < 1.29 is 9.32 Å². The summed E-state index contributed by atoms with van der Waals surface area (Å²) < 4.78 is 5.26. The predicted molar refractivity (Wildman–Crippen MR) is 91.6 cm³/mol.